The zero-order valence-electron chi connectivity index (χ0n) is 16.3. The number of sulfonamides is 1. The molecule has 0 radical (unpaired) electrons. The van der Waals surface area contributed by atoms with Crippen molar-refractivity contribution in [2.75, 3.05) is 7.11 Å². The Bertz CT molecular complexity index is 1120. The van der Waals surface area contributed by atoms with E-state index in [2.05, 4.69) is 9.71 Å². The van der Waals surface area contributed by atoms with E-state index in [1.54, 1.807) is 44.6 Å². The van der Waals surface area contributed by atoms with Crippen LogP contribution in [-0.2, 0) is 10.0 Å². The summed E-state index contributed by atoms with van der Waals surface area (Å²) in [7, 11) is -2.14. The molecule has 29 heavy (non-hydrogen) atoms. The Morgan fingerprint density at radius 2 is 1.93 bits per heavy atom. The molecule has 0 unspecified atom stereocenters. The van der Waals surface area contributed by atoms with Crippen molar-refractivity contribution in [1.82, 2.24) is 14.3 Å². The van der Waals surface area contributed by atoms with Crippen LogP contribution in [0.1, 0.15) is 29.8 Å². The highest BCUT2D eigenvalue weighted by Crippen LogP contribution is 2.25. The topological polar surface area (TPSA) is 73.2 Å². The Labute approximate surface area is 169 Å². The van der Waals surface area contributed by atoms with Gasteiger partial charge >= 0.3 is 0 Å². The molecule has 2 aromatic carbocycles. The van der Waals surface area contributed by atoms with Gasteiger partial charge in [-0.05, 0) is 55.3 Å². The van der Waals surface area contributed by atoms with Crippen molar-refractivity contribution in [2.24, 2.45) is 0 Å². The van der Waals surface area contributed by atoms with Crippen molar-refractivity contribution in [3.63, 3.8) is 0 Å². The molecule has 0 bridgehead atoms. The number of hydrogen-bond donors (Lipinski definition) is 1. The summed E-state index contributed by atoms with van der Waals surface area (Å²) < 4.78 is 47.6. The number of aromatic nitrogens is 2. The third-order valence-corrected chi connectivity index (χ3v) is 5.52. The van der Waals surface area contributed by atoms with Crippen LogP contribution in [-0.4, -0.2) is 25.1 Å². The van der Waals surface area contributed by atoms with Gasteiger partial charge in [0.1, 0.15) is 11.6 Å². The fourth-order valence-corrected chi connectivity index (χ4v) is 3.88. The Kier molecular flexibility index (Phi) is 6.14. The van der Waals surface area contributed by atoms with E-state index >= 15 is 0 Å². The van der Waals surface area contributed by atoms with Gasteiger partial charge in [-0.2, -0.15) is 0 Å². The van der Waals surface area contributed by atoms with Crippen LogP contribution in [0.15, 0.2) is 60.4 Å². The Morgan fingerprint density at radius 1 is 1.21 bits per heavy atom. The number of nitrogens with zero attached hydrogens (tertiary/aromatic N) is 2. The minimum absolute atomic E-state index is 0.369. The molecular weight excluding hydrogens is 393 g/mol. The first kappa shape index (κ1) is 20.8. The monoisotopic (exact) mass is 415 g/mol. The van der Waals surface area contributed by atoms with Gasteiger partial charge in [0.2, 0.25) is 10.0 Å². The lowest BCUT2D eigenvalue weighted by molar-refractivity contribution is 0.413. The van der Waals surface area contributed by atoms with Crippen molar-refractivity contribution in [3.8, 4) is 11.4 Å². The highest BCUT2D eigenvalue weighted by atomic mass is 32.2. The summed E-state index contributed by atoms with van der Waals surface area (Å²) in [6, 6.07) is 10.6. The van der Waals surface area contributed by atoms with E-state index in [-0.39, 0.29) is 5.82 Å². The molecule has 0 aliphatic heterocycles. The number of benzene rings is 2. The van der Waals surface area contributed by atoms with Crippen molar-refractivity contribution < 1.29 is 17.5 Å². The number of ether oxygens (including phenoxy) is 1. The Balaban J connectivity index is 1.76. The lowest BCUT2D eigenvalue weighted by atomic mass is 10.1. The largest absolute Gasteiger partial charge is 0.495 e. The predicted molar refractivity (Wildman–Crippen MR) is 111 cm³/mol. The molecule has 0 saturated heterocycles. The second kappa shape index (κ2) is 8.59. The second-order valence-corrected chi connectivity index (χ2v) is 8.19. The van der Waals surface area contributed by atoms with E-state index in [1.807, 2.05) is 23.8 Å². The molecule has 3 aromatic rings. The average Bonchev–Trinajstić information content (AvgIpc) is 3.12. The second-order valence-electron chi connectivity index (χ2n) is 6.59. The number of methoxy groups -OCH3 is 1. The Hall–Kier alpha value is -2.97. The third-order valence-electron chi connectivity index (χ3n) is 4.34. The van der Waals surface area contributed by atoms with Crippen molar-refractivity contribution in [3.05, 3.63) is 83.0 Å². The number of imidazole rings is 1. The highest BCUT2D eigenvalue weighted by Gasteiger charge is 2.13. The van der Waals surface area contributed by atoms with Crippen LogP contribution in [0.2, 0.25) is 0 Å². The van der Waals surface area contributed by atoms with Gasteiger partial charge in [-0.15, -0.1) is 0 Å². The first-order valence-corrected chi connectivity index (χ1v) is 10.5. The summed E-state index contributed by atoms with van der Waals surface area (Å²) in [6.45, 7) is 3.59. The molecule has 1 aromatic heterocycles. The van der Waals surface area contributed by atoms with Gasteiger partial charge in [-0.1, -0.05) is 18.2 Å². The number of rotatable bonds is 7. The number of aryl methyl sites for hydroxylation is 1. The zero-order chi connectivity index (χ0) is 21.0. The molecule has 8 heteroatoms. The van der Waals surface area contributed by atoms with Crippen LogP contribution in [0.3, 0.4) is 0 Å². The standard InChI is InChI=1S/C21H22FN3O3S/c1-15-13-25(14-23-15)20-9-4-17(12-21(20)28-3)10-11-29(26,27)24-16(2)18-5-7-19(22)8-6-18/h4-14,16,24H,1-3H3/b11-10+/t16-/m1/s1. The number of halogens is 1. The predicted octanol–water partition coefficient (Wildman–Crippen LogP) is 3.98. The van der Waals surface area contributed by atoms with Crippen molar-refractivity contribution in [1.29, 1.82) is 0 Å². The lowest BCUT2D eigenvalue weighted by Gasteiger charge is -2.13. The smallest absolute Gasteiger partial charge is 0.234 e. The molecule has 1 heterocycles. The molecule has 6 nitrogen and oxygen atoms in total. The third kappa shape index (κ3) is 5.30. The van der Waals surface area contributed by atoms with E-state index in [0.717, 1.165) is 16.8 Å². The van der Waals surface area contributed by atoms with Gasteiger partial charge < -0.3 is 9.30 Å². The van der Waals surface area contributed by atoms with Crippen LogP contribution in [0.5, 0.6) is 5.75 Å². The molecule has 1 N–H and O–H groups in total. The van der Waals surface area contributed by atoms with Gasteiger partial charge in [-0.25, -0.2) is 22.5 Å². The first-order chi connectivity index (χ1) is 13.8. The lowest BCUT2D eigenvalue weighted by Crippen LogP contribution is -2.24. The minimum atomic E-state index is -3.70. The first-order valence-electron chi connectivity index (χ1n) is 8.92. The summed E-state index contributed by atoms with van der Waals surface area (Å²) in [5, 5.41) is 1.10. The van der Waals surface area contributed by atoms with Crippen LogP contribution in [0.25, 0.3) is 11.8 Å². The van der Waals surface area contributed by atoms with Crippen LogP contribution < -0.4 is 9.46 Å². The molecule has 0 saturated carbocycles. The van der Waals surface area contributed by atoms with Gasteiger partial charge in [0.25, 0.3) is 0 Å². The maximum Gasteiger partial charge on any atom is 0.234 e. The van der Waals surface area contributed by atoms with Gasteiger partial charge in [0.05, 0.1) is 24.8 Å². The van der Waals surface area contributed by atoms with Crippen LogP contribution in [0.4, 0.5) is 4.39 Å². The van der Waals surface area contributed by atoms with Crippen molar-refractivity contribution >= 4 is 16.1 Å². The van der Waals surface area contributed by atoms with E-state index < -0.39 is 16.1 Å². The molecule has 1 atom stereocenters. The van der Waals surface area contributed by atoms with Crippen LogP contribution >= 0.6 is 0 Å². The van der Waals surface area contributed by atoms with Crippen LogP contribution in [0, 0.1) is 12.7 Å². The average molecular weight is 415 g/mol. The molecular formula is C21H22FN3O3S. The maximum atomic E-state index is 13.0. The Morgan fingerprint density at radius 3 is 2.55 bits per heavy atom. The quantitative estimate of drug-likeness (QED) is 0.634. The highest BCUT2D eigenvalue weighted by molar-refractivity contribution is 7.92. The maximum absolute atomic E-state index is 13.0. The SMILES string of the molecule is COc1cc(/C=C/S(=O)(=O)N[C@H](C)c2ccc(F)cc2)ccc1-n1cnc(C)c1. The molecule has 0 aliphatic carbocycles. The fraction of sp³-hybridized carbons (Fsp3) is 0.190. The van der Waals surface area contributed by atoms with Gasteiger partial charge in [0.15, 0.2) is 0 Å². The minimum Gasteiger partial charge on any atom is -0.495 e. The summed E-state index contributed by atoms with van der Waals surface area (Å²) in [6.07, 6.45) is 5.05. The van der Waals surface area contributed by atoms with Gasteiger partial charge in [-0.3, -0.25) is 0 Å². The zero-order valence-corrected chi connectivity index (χ0v) is 17.2. The van der Waals surface area contributed by atoms with Gasteiger partial charge in [0, 0.05) is 17.6 Å². The van der Waals surface area contributed by atoms with E-state index in [9.17, 15) is 12.8 Å². The number of nitrogens with one attached hydrogen (secondary N) is 1. The summed E-state index contributed by atoms with van der Waals surface area (Å²) in [4.78, 5) is 4.20. The normalized spacial score (nSPS) is 13.0. The molecule has 0 aliphatic rings. The number of hydrogen-bond acceptors (Lipinski definition) is 4. The van der Waals surface area contributed by atoms with E-state index in [0.29, 0.717) is 16.9 Å². The molecule has 0 fully saturated rings. The summed E-state index contributed by atoms with van der Waals surface area (Å²) in [5.41, 5.74) is 3.02. The van der Waals surface area contributed by atoms with E-state index in [1.165, 1.54) is 18.2 Å². The summed E-state index contributed by atoms with van der Waals surface area (Å²) in [5.74, 6) is 0.224. The summed E-state index contributed by atoms with van der Waals surface area (Å²) >= 11 is 0. The molecule has 0 spiro atoms. The van der Waals surface area contributed by atoms with E-state index in [4.69, 9.17) is 4.74 Å². The van der Waals surface area contributed by atoms with Crippen molar-refractivity contribution in [2.45, 2.75) is 19.9 Å². The fourth-order valence-electron chi connectivity index (χ4n) is 2.84. The molecule has 3 rings (SSSR count). The molecule has 0 amide bonds. The molecule has 152 valence electrons.